The van der Waals surface area contributed by atoms with Gasteiger partial charge >= 0.3 is 0 Å². The van der Waals surface area contributed by atoms with Gasteiger partial charge in [0.15, 0.2) is 11.5 Å². The predicted octanol–water partition coefficient (Wildman–Crippen LogP) is 3.42. The van der Waals surface area contributed by atoms with Crippen molar-refractivity contribution in [1.82, 2.24) is 35.6 Å². The van der Waals surface area contributed by atoms with Crippen LogP contribution in [0.4, 0.5) is 10.2 Å². The molecule has 0 saturated carbocycles. The molecule has 1 saturated heterocycles. The highest BCUT2D eigenvalue weighted by Crippen LogP contribution is 2.33. The molecule has 1 aliphatic rings. The van der Waals surface area contributed by atoms with Gasteiger partial charge in [-0.25, -0.2) is 9.37 Å². The quantitative estimate of drug-likeness (QED) is 0.339. The fourth-order valence-corrected chi connectivity index (χ4v) is 4.21. The molecule has 4 heterocycles. The number of aromatic nitrogens is 5. The second-order valence-corrected chi connectivity index (χ2v) is 9.79. The third kappa shape index (κ3) is 4.74. The van der Waals surface area contributed by atoms with Gasteiger partial charge in [0.05, 0.1) is 10.9 Å². The molecule has 3 aromatic heterocycles. The Bertz CT molecular complexity index is 1360. The van der Waals surface area contributed by atoms with E-state index in [4.69, 9.17) is 0 Å². The number of carbonyl (C=O) groups is 1. The Morgan fingerprint density at radius 3 is 2.83 bits per heavy atom. The van der Waals surface area contributed by atoms with Gasteiger partial charge in [0, 0.05) is 37.1 Å². The molecule has 1 amide bonds. The minimum atomic E-state index is -0.397. The third-order valence-corrected chi connectivity index (χ3v) is 6.18. The number of halogens is 1. The van der Waals surface area contributed by atoms with Crippen molar-refractivity contribution < 1.29 is 9.18 Å². The normalized spacial score (nSPS) is 16.1. The molecule has 10 heteroatoms. The molecule has 4 N–H and O–H groups in total. The molecular weight excluding hydrogens is 447 g/mol. The first-order valence-corrected chi connectivity index (χ1v) is 11.7. The van der Waals surface area contributed by atoms with E-state index in [1.165, 1.54) is 6.07 Å². The van der Waals surface area contributed by atoms with Crippen LogP contribution < -0.4 is 16.0 Å². The van der Waals surface area contributed by atoms with Gasteiger partial charge in [-0.05, 0) is 63.1 Å². The molecule has 1 atom stereocenters. The van der Waals surface area contributed by atoms with Crippen molar-refractivity contribution in [1.29, 1.82) is 0 Å². The predicted molar refractivity (Wildman–Crippen MR) is 133 cm³/mol. The first-order chi connectivity index (χ1) is 16.8. The lowest BCUT2D eigenvalue weighted by Gasteiger charge is -2.18. The van der Waals surface area contributed by atoms with Crippen LogP contribution in [0, 0.1) is 5.82 Å². The summed E-state index contributed by atoms with van der Waals surface area (Å²) in [5.74, 6) is -0.0305. The van der Waals surface area contributed by atoms with Crippen molar-refractivity contribution in [3.8, 4) is 11.1 Å². The Hall–Kier alpha value is -3.79. The molecule has 182 valence electrons. The number of nitrogens with zero attached hydrogens (tertiary/aromatic N) is 4. The van der Waals surface area contributed by atoms with E-state index in [0.717, 1.165) is 30.5 Å². The molecule has 0 unspecified atom stereocenters. The zero-order valence-corrected chi connectivity index (χ0v) is 20.0. The Morgan fingerprint density at radius 1 is 1.26 bits per heavy atom. The van der Waals surface area contributed by atoms with Crippen molar-refractivity contribution in [3.63, 3.8) is 0 Å². The number of nitrogens with one attached hydrogen (secondary N) is 4. The first kappa shape index (κ1) is 23.0. The van der Waals surface area contributed by atoms with Crippen LogP contribution >= 0.6 is 0 Å². The molecule has 1 aromatic carbocycles. The molecular formula is C25H29FN8O. The fraction of sp³-hybridized carbons (Fsp3) is 0.360. The maximum atomic E-state index is 15.1. The van der Waals surface area contributed by atoms with Crippen LogP contribution in [-0.4, -0.2) is 50.0 Å². The molecule has 0 spiro atoms. The second-order valence-electron chi connectivity index (χ2n) is 9.79. The molecule has 1 aliphatic heterocycles. The number of fused-ring (bicyclic) bond motifs is 1. The van der Waals surface area contributed by atoms with Crippen LogP contribution in [0.2, 0.25) is 0 Å². The molecule has 1 fully saturated rings. The highest BCUT2D eigenvalue weighted by Gasteiger charge is 2.20. The van der Waals surface area contributed by atoms with E-state index in [0.29, 0.717) is 28.3 Å². The summed E-state index contributed by atoms with van der Waals surface area (Å²) in [7, 11) is 0. The van der Waals surface area contributed by atoms with Crippen LogP contribution in [0.15, 0.2) is 42.7 Å². The molecule has 35 heavy (non-hydrogen) atoms. The molecule has 5 rings (SSSR count). The molecule has 9 nitrogen and oxygen atoms in total. The highest BCUT2D eigenvalue weighted by molar-refractivity contribution is 6.00. The number of anilines is 1. The number of H-pyrrole nitrogens is 1. The van der Waals surface area contributed by atoms with E-state index in [-0.39, 0.29) is 24.0 Å². The zero-order chi connectivity index (χ0) is 24.6. The number of carbonyl (C=O) groups excluding carboxylic acids is 1. The summed E-state index contributed by atoms with van der Waals surface area (Å²) < 4.78 is 16.8. The minimum Gasteiger partial charge on any atom is -0.364 e. The van der Waals surface area contributed by atoms with Gasteiger partial charge in [-0.2, -0.15) is 10.2 Å². The number of hydrogen-bond acceptors (Lipinski definition) is 6. The van der Waals surface area contributed by atoms with E-state index in [1.807, 2.05) is 32.9 Å². The monoisotopic (exact) mass is 476 g/mol. The van der Waals surface area contributed by atoms with Gasteiger partial charge in [0.25, 0.3) is 5.91 Å². The number of hydrogen-bond donors (Lipinski definition) is 4. The van der Waals surface area contributed by atoms with Crippen LogP contribution in [0.3, 0.4) is 0 Å². The average Bonchev–Trinajstić information content (AvgIpc) is 3.59. The minimum absolute atomic E-state index is 0.0618. The zero-order valence-electron chi connectivity index (χ0n) is 20.0. The van der Waals surface area contributed by atoms with E-state index in [1.54, 1.807) is 29.2 Å². The van der Waals surface area contributed by atoms with Crippen LogP contribution in [0.1, 0.15) is 43.2 Å². The van der Waals surface area contributed by atoms with E-state index >= 15 is 4.39 Å². The number of aromatic amines is 1. The Balaban J connectivity index is 1.34. The number of rotatable bonds is 6. The van der Waals surface area contributed by atoms with Crippen molar-refractivity contribution in [3.05, 3.63) is 59.8 Å². The molecule has 0 aliphatic carbocycles. The molecule has 0 bridgehead atoms. The summed E-state index contributed by atoms with van der Waals surface area (Å²) in [5, 5.41) is 22.1. The largest absolute Gasteiger partial charge is 0.364 e. The van der Waals surface area contributed by atoms with Crippen LogP contribution in [-0.2, 0) is 12.1 Å². The lowest BCUT2D eigenvalue weighted by atomic mass is 10.0. The first-order valence-electron chi connectivity index (χ1n) is 11.7. The second kappa shape index (κ2) is 9.10. The standard InChI is InChI=1S/C25H29FN8O/c1-25(2,3)34-11-8-20(33-34)24(35)29-13-16-5-4-15(12-19(16)26)18-7-10-28-22-21(18)23(32-31-22)30-17-6-9-27-14-17/h4-5,7-8,10-12,17,27H,6,9,13-14H2,1-3H3,(H,29,35)(H2,28,30,31,32)/t17-/m1/s1. The van der Waals surface area contributed by atoms with Gasteiger partial charge in [0.2, 0.25) is 0 Å². The van der Waals surface area contributed by atoms with Crippen LogP contribution in [0.5, 0.6) is 0 Å². The number of benzene rings is 1. The van der Waals surface area contributed by atoms with E-state index < -0.39 is 5.82 Å². The van der Waals surface area contributed by atoms with Crippen molar-refractivity contribution in [2.45, 2.75) is 45.3 Å². The van der Waals surface area contributed by atoms with Gasteiger partial charge in [-0.3, -0.25) is 14.6 Å². The van der Waals surface area contributed by atoms with Crippen molar-refractivity contribution in [2.75, 3.05) is 18.4 Å². The summed E-state index contributed by atoms with van der Waals surface area (Å²) in [6, 6.07) is 8.83. The number of pyridine rings is 1. The molecule has 4 aromatic rings. The van der Waals surface area contributed by atoms with E-state index in [2.05, 4.69) is 36.2 Å². The maximum absolute atomic E-state index is 15.1. The summed E-state index contributed by atoms with van der Waals surface area (Å²) in [4.78, 5) is 16.9. The van der Waals surface area contributed by atoms with Gasteiger partial charge in [-0.1, -0.05) is 12.1 Å². The Morgan fingerprint density at radius 2 is 2.11 bits per heavy atom. The van der Waals surface area contributed by atoms with Gasteiger partial charge < -0.3 is 16.0 Å². The van der Waals surface area contributed by atoms with E-state index in [9.17, 15) is 4.79 Å². The summed E-state index contributed by atoms with van der Waals surface area (Å²) in [6.45, 7) is 7.91. The fourth-order valence-electron chi connectivity index (χ4n) is 4.21. The smallest absolute Gasteiger partial charge is 0.272 e. The molecule has 0 radical (unpaired) electrons. The third-order valence-electron chi connectivity index (χ3n) is 6.18. The van der Waals surface area contributed by atoms with Gasteiger partial charge in [0.1, 0.15) is 11.5 Å². The topological polar surface area (TPSA) is 113 Å². The Kier molecular flexibility index (Phi) is 5.98. The lowest BCUT2D eigenvalue weighted by Crippen LogP contribution is -2.26. The lowest BCUT2D eigenvalue weighted by molar-refractivity contribution is 0.0944. The van der Waals surface area contributed by atoms with Crippen LogP contribution in [0.25, 0.3) is 22.2 Å². The highest BCUT2D eigenvalue weighted by atomic mass is 19.1. The van der Waals surface area contributed by atoms with Gasteiger partial charge in [-0.15, -0.1) is 0 Å². The number of amides is 1. The van der Waals surface area contributed by atoms with Crippen molar-refractivity contribution >= 4 is 22.8 Å². The van der Waals surface area contributed by atoms with Crippen molar-refractivity contribution in [2.24, 2.45) is 0 Å². The summed E-state index contributed by atoms with van der Waals surface area (Å²) in [6.07, 6.45) is 4.46. The average molecular weight is 477 g/mol. The summed E-state index contributed by atoms with van der Waals surface area (Å²) >= 11 is 0. The Labute approximate surface area is 202 Å². The summed E-state index contributed by atoms with van der Waals surface area (Å²) in [5.41, 5.74) is 2.65. The maximum Gasteiger partial charge on any atom is 0.272 e. The SMILES string of the molecule is CC(C)(C)n1ccc(C(=O)NCc2ccc(-c3ccnc4[nH]nc(N[C@@H]5CCNC5)c34)cc2F)n1.